The minimum Gasteiger partial charge on any atom is -0.630 e. The molecule has 0 unspecified atom stereocenters. The molecular weight excluding hydrogens is 262 g/mol. The molecule has 0 aliphatic heterocycles. The molecule has 0 fully saturated rings. The Morgan fingerprint density at radius 3 is 0.950 bits per heavy atom. The van der Waals surface area contributed by atoms with E-state index < -0.39 is 15.1 Å². The molecule has 0 aromatic carbocycles. The summed E-state index contributed by atoms with van der Waals surface area (Å²) in [6, 6.07) is 0. The van der Waals surface area contributed by atoms with Gasteiger partial charge in [-0.3, -0.25) is 0 Å². The van der Waals surface area contributed by atoms with Gasteiger partial charge in [0.25, 0.3) is 0 Å². The molecular formula is C15H33AlLiO3. The molecule has 0 heterocycles. The monoisotopic (exact) mass is 295 g/mol. The first-order valence-electron chi connectivity index (χ1n) is 7.50. The summed E-state index contributed by atoms with van der Waals surface area (Å²) in [5, 5.41) is 0. The second-order valence-electron chi connectivity index (χ2n) is 6.98. The first-order chi connectivity index (χ1) is 8.47. The number of hydrogen-bond donors (Lipinski definition) is 0. The Hall–Kier alpha value is 1.01. The summed E-state index contributed by atoms with van der Waals surface area (Å²) < 4.78 is 18.5. The molecule has 0 saturated carbocycles. The molecule has 0 saturated heterocycles. The van der Waals surface area contributed by atoms with Crippen LogP contribution in [-0.4, -0.2) is 32.0 Å². The average molecular weight is 295 g/mol. The van der Waals surface area contributed by atoms with Crippen LogP contribution in [0.15, 0.2) is 0 Å². The fourth-order valence-corrected chi connectivity index (χ4v) is 3.31. The third kappa shape index (κ3) is 9.86. The van der Waals surface area contributed by atoms with Crippen molar-refractivity contribution in [2.75, 3.05) is 0 Å². The van der Waals surface area contributed by atoms with E-state index in [4.69, 9.17) is 11.4 Å². The smallest absolute Gasteiger partial charge is 0.630 e. The van der Waals surface area contributed by atoms with Crippen LogP contribution in [0.4, 0.5) is 0 Å². The van der Waals surface area contributed by atoms with Crippen molar-refractivity contribution in [2.45, 2.75) is 98.4 Å². The topological polar surface area (TPSA) is 27.7 Å². The van der Waals surface area contributed by atoms with E-state index in [0.29, 0.717) is 0 Å². The van der Waals surface area contributed by atoms with Crippen molar-refractivity contribution in [1.82, 2.24) is 0 Å². The van der Waals surface area contributed by atoms with E-state index in [1.165, 1.54) is 0 Å². The van der Waals surface area contributed by atoms with E-state index in [1.54, 1.807) is 0 Å². The summed E-state index contributed by atoms with van der Waals surface area (Å²) in [5.74, 6) is 0. The van der Waals surface area contributed by atoms with Gasteiger partial charge in [-0.1, -0.05) is 20.8 Å². The predicted molar refractivity (Wildman–Crippen MR) is 82.1 cm³/mol. The number of hydrogen-bond acceptors (Lipinski definition) is 3. The maximum Gasteiger partial charge on any atom is 1.00 e. The van der Waals surface area contributed by atoms with Crippen molar-refractivity contribution in [3.05, 3.63) is 0 Å². The molecule has 5 heteroatoms. The van der Waals surface area contributed by atoms with Crippen molar-refractivity contribution in [2.24, 2.45) is 0 Å². The summed E-state index contributed by atoms with van der Waals surface area (Å²) >= 11 is -2.16. The van der Waals surface area contributed by atoms with Crippen LogP contribution in [0.3, 0.4) is 0 Å². The number of rotatable bonds is 9. The van der Waals surface area contributed by atoms with E-state index in [9.17, 15) is 0 Å². The zero-order valence-corrected chi connectivity index (χ0v) is 16.6. The molecule has 0 aliphatic carbocycles. The van der Waals surface area contributed by atoms with Gasteiger partial charge in [-0.05, 0) is 60.8 Å². The van der Waals surface area contributed by atoms with Gasteiger partial charge in [-0.25, -0.2) is 0 Å². The minimum atomic E-state index is -2.16. The molecule has 0 rings (SSSR count). The van der Waals surface area contributed by atoms with Crippen molar-refractivity contribution in [3.63, 3.8) is 0 Å². The summed E-state index contributed by atoms with van der Waals surface area (Å²) in [6.45, 7) is 18.9. The summed E-state index contributed by atoms with van der Waals surface area (Å²) in [7, 11) is 0. The van der Waals surface area contributed by atoms with Crippen LogP contribution in [0.5, 0.6) is 0 Å². The first kappa shape index (κ1) is 23.3. The molecule has 0 atom stereocenters. The van der Waals surface area contributed by atoms with Crippen molar-refractivity contribution >= 4 is 15.1 Å². The predicted octanol–water partition coefficient (Wildman–Crippen LogP) is 1.59. The van der Waals surface area contributed by atoms with E-state index in [-0.39, 0.29) is 35.7 Å². The largest absolute Gasteiger partial charge is 1.00 e. The molecule has 0 aliphatic rings. The maximum atomic E-state index is 6.16. The first-order valence-corrected chi connectivity index (χ1v) is 8.92. The Bertz CT molecular complexity index is 225. The van der Waals surface area contributed by atoms with Gasteiger partial charge >= 0.3 is 34.0 Å². The van der Waals surface area contributed by atoms with E-state index in [2.05, 4.69) is 62.3 Å². The van der Waals surface area contributed by atoms with Crippen molar-refractivity contribution < 1.29 is 30.2 Å². The molecule has 20 heavy (non-hydrogen) atoms. The molecule has 0 bridgehead atoms. The Morgan fingerprint density at radius 1 is 0.600 bits per heavy atom. The quantitative estimate of drug-likeness (QED) is 0.605. The molecule has 0 N–H and O–H groups in total. The zero-order valence-electron chi connectivity index (χ0n) is 15.4. The summed E-state index contributed by atoms with van der Waals surface area (Å²) in [4.78, 5) is 0. The van der Waals surface area contributed by atoms with Crippen molar-refractivity contribution in [3.8, 4) is 0 Å². The fourth-order valence-electron chi connectivity index (χ4n) is 1.10. The summed E-state index contributed by atoms with van der Waals surface area (Å²) in [6.07, 6.45) is 2.84. The molecule has 115 valence electrons. The van der Waals surface area contributed by atoms with Gasteiger partial charge in [0.15, 0.2) is 0 Å². The Kier molecular flexibility index (Phi) is 10.7. The average Bonchev–Trinajstić information content (AvgIpc) is 2.27. The normalized spacial score (nSPS) is 13.5. The third-order valence-electron chi connectivity index (χ3n) is 3.80. The van der Waals surface area contributed by atoms with Gasteiger partial charge in [0.05, 0.1) is 0 Å². The van der Waals surface area contributed by atoms with Crippen LogP contribution in [0.2, 0.25) is 0 Å². The molecule has 0 aromatic rings. The molecule has 3 nitrogen and oxygen atoms in total. The van der Waals surface area contributed by atoms with Gasteiger partial charge in [-0.2, -0.15) is 0 Å². The molecule has 1 radical (unpaired) electrons. The van der Waals surface area contributed by atoms with Gasteiger partial charge < -0.3 is 11.4 Å². The standard InChI is InChI=1S/3C5H11O.Al.Li/c3*1-4-5(2,3)6;;/h3*4H2,1-3H3;;/q3*-1;+2;+1. The van der Waals surface area contributed by atoms with Gasteiger partial charge in [-0.15, -0.1) is 0 Å². The molecule has 0 aromatic heterocycles. The van der Waals surface area contributed by atoms with E-state index in [0.717, 1.165) is 19.3 Å². The second-order valence-corrected chi connectivity index (χ2v) is 8.27. The van der Waals surface area contributed by atoms with Gasteiger partial charge in [0, 0.05) is 16.8 Å². The zero-order chi connectivity index (χ0) is 15.3. The van der Waals surface area contributed by atoms with Crippen LogP contribution >= 0.6 is 0 Å². The molecule has 0 amide bonds. The second kappa shape index (κ2) is 9.22. The Labute approximate surface area is 143 Å². The Morgan fingerprint density at radius 2 is 0.800 bits per heavy atom. The summed E-state index contributed by atoms with van der Waals surface area (Å²) in [5.41, 5.74) is -0.570. The molecule has 0 spiro atoms. The SMILES string of the molecule is CCC(C)(C)[O][Al-]([O]C(C)(C)CC)[O]C(C)(C)CC.[Li+]. The minimum absolute atomic E-state index is 0. The van der Waals surface area contributed by atoms with Gasteiger partial charge in [0.2, 0.25) is 0 Å². The van der Waals surface area contributed by atoms with Crippen LogP contribution in [0.1, 0.15) is 81.6 Å². The fraction of sp³-hybridized carbons (Fsp3) is 1.00. The van der Waals surface area contributed by atoms with Crippen molar-refractivity contribution in [1.29, 1.82) is 0 Å². The van der Waals surface area contributed by atoms with E-state index >= 15 is 0 Å². The van der Waals surface area contributed by atoms with E-state index in [1.807, 2.05) is 0 Å². The van der Waals surface area contributed by atoms with Crippen LogP contribution in [0, 0.1) is 0 Å². The third-order valence-corrected chi connectivity index (χ3v) is 6.29. The van der Waals surface area contributed by atoms with Crippen LogP contribution in [-0.2, 0) is 11.4 Å². The maximum absolute atomic E-state index is 6.16. The van der Waals surface area contributed by atoms with Gasteiger partial charge in [0.1, 0.15) is 0 Å². The Balaban J connectivity index is 0. The van der Waals surface area contributed by atoms with Crippen LogP contribution < -0.4 is 18.9 Å². The van der Waals surface area contributed by atoms with Crippen LogP contribution in [0.25, 0.3) is 0 Å².